The van der Waals surface area contributed by atoms with E-state index in [1.807, 2.05) is 19.1 Å². The fourth-order valence-electron chi connectivity index (χ4n) is 1.97. The van der Waals surface area contributed by atoms with E-state index in [1.165, 1.54) is 11.1 Å². The van der Waals surface area contributed by atoms with Crippen LogP contribution in [0, 0.1) is 20.8 Å². The van der Waals surface area contributed by atoms with Gasteiger partial charge >= 0.3 is 0 Å². The van der Waals surface area contributed by atoms with Gasteiger partial charge in [-0.25, -0.2) is 0 Å². The number of rotatable bonds is 3. The van der Waals surface area contributed by atoms with Crippen molar-refractivity contribution in [2.45, 2.75) is 27.3 Å². The summed E-state index contributed by atoms with van der Waals surface area (Å²) in [6.07, 6.45) is 0. The first-order valence-corrected chi connectivity index (χ1v) is 6.16. The van der Waals surface area contributed by atoms with Gasteiger partial charge in [-0.3, -0.25) is 0 Å². The van der Waals surface area contributed by atoms with E-state index in [2.05, 4.69) is 37.4 Å². The third-order valence-electron chi connectivity index (χ3n) is 3.10. The largest absolute Gasteiger partial charge is 0.508 e. The molecule has 2 aromatic carbocycles. The smallest absolute Gasteiger partial charge is 0.120 e. The maximum Gasteiger partial charge on any atom is 0.120 e. The summed E-state index contributed by atoms with van der Waals surface area (Å²) >= 11 is 0. The lowest BCUT2D eigenvalue weighted by Gasteiger charge is -2.12. The van der Waals surface area contributed by atoms with Crippen molar-refractivity contribution in [2.24, 2.45) is 0 Å². The topological polar surface area (TPSA) is 32.3 Å². The zero-order valence-electron chi connectivity index (χ0n) is 11.1. The Hall–Kier alpha value is -1.96. The maximum absolute atomic E-state index is 9.80. The van der Waals surface area contributed by atoms with Crippen LogP contribution in [0.4, 0.5) is 5.69 Å². The Morgan fingerprint density at radius 2 is 1.61 bits per heavy atom. The van der Waals surface area contributed by atoms with Gasteiger partial charge in [0.15, 0.2) is 0 Å². The monoisotopic (exact) mass is 241 g/mol. The van der Waals surface area contributed by atoms with Crippen molar-refractivity contribution in [1.82, 2.24) is 0 Å². The van der Waals surface area contributed by atoms with Crippen molar-refractivity contribution >= 4 is 5.69 Å². The maximum atomic E-state index is 9.80. The van der Waals surface area contributed by atoms with Crippen LogP contribution in [0.5, 0.6) is 5.75 Å². The van der Waals surface area contributed by atoms with E-state index >= 15 is 0 Å². The molecule has 94 valence electrons. The zero-order chi connectivity index (χ0) is 13.1. The van der Waals surface area contributed by atoms with E-state index in [0.717, 1.165) is 16.8 Å². The number of hydrogen-bond acceptors (Lipinski definition) is 2. The van der Waals surface area contributed by atoms with E-state index < -0.39 is 0 Å². The molecule has 0 aliphatic carbocycles. The van der Waals surface area contributed by atoms with E-state index in [4.69, 9.17) is 0 Å². The molecule has 18 heavy (non-hydrogen) atoms. The molecule has 0 radical (unpaired) electrons. The summed E-state index contributed by atoms with van der Waals surface area (Å²) in [7, 11) is 0. The summed E-state index contributed by atoms with van der Waals surface area (Å²) in [5.74, 6) is 0.346. The Morgan fingerprint density at radius 1 is 0.944 bits per heavy atom. The highest BCUT2D eigenvalue weighted by Gasteiger charge is 2.03. The van der Waals surface area contributed by atoms with E-state index in [0.29, 0.717) is 12.3 Å². The molecule has 2 nitrogen and oxygen atoms in total. The highest BCUT2D eigenvalue weighted by atomic mass is 16.3. The highest BCUT2D eigenvalue weighted by molar-refractivity contribution is 5.53. The van der Waals surface area contributed by atoms with Crippen LogP contribution in [0.1, 0.15) is 22.3 Å². The van der Waals surface area contributed by atoms with Crippen LogP contribution in [0.2, 0.25) is 0 Å². The van der Waals surface area contributed by atoms with Gasteiger partial charge in [-0.15, -0.1) is 0 Å². The van der Waals surface area contributed by atoms with Gasteiger partial charge in [-0.1, -0.05) is 29.8 Å². The molecule has 0 atom stereocenters. The molecule has 0 amide bonds. The Labute approximate surface area is 108 Å². The Morgan fingerprint density at radius 3 is 2.39 bits per heavy atom. The minimum Gasteiger partial charge on any atom is -0.508 e. The Kier molecular flexibility index (Phi) is 3.56. The van der Waals surface area contributed by atoms with Gasteiger partial charge in [0.1, 0.15) is 5.75 Å². The van der Waals surface area contributed by atoms with Crippen LogP contribution in [0.3, 0.4) is 0 Å². The molecule has 2 aromatic rings. The SMILES string of the molecule is Cc1ccc(O)c(CNc2cc(C)ccc2C)c1. The molecule has 2 rings (SSSR count). The predicted molar refractivity (Wildman–Crippen MR) is 76.1 cm³/mol. The number of anilines is 1. The molecular formula is C16H19NO. The van der Waals surface area contributed by atoms with Crippen LogP contribution in [0.15, 0.2) is 36.4 Å². The normalized spacial score (nSPS) is 10.4. The van der Waals surface area contributed by atoms with Crippen LogP contribution >= 0.6 is 0 Å². The molecular weight excluding hydrogens is 222 g/mol. The summed E-state index contributed by atoms with van der Waals surface area (Å²) in [6, 6.07) is 12.0. The van der Waals surface area contributed by atoms with Gasteiger partial charge in [-0.2, -0.15) is 0 Å². The average molecular weight is 241 g/mol. The lowest BCUT2D eigenvalue weighted by atomic mass is 10.1. The minimum absolute atomic E-state index is 0.346. The lowest BCUT2D eigenvalue weighted by Crippen LogP contribution is -2.02. The van der Waals surface area contributed by atoms with Gasteiger partial charge in [0.05, 0.1) is 0 Å². The second-order valence-corrected chi connectivity index (χ2v) is 4.80. The molecule has 0 bridgehead atoms. The molecule has 0 saturated heterocycles. The summed E-state index contributed by atoms with van der Waals surface area (Å²) in [6.45, 7) is 6.82. The molecule has 0 heterocycles. The molecule has 0 unspecified atom stereocenters. The number of aromatic hydroxyl groups is 1. The molecule has 0 aliphatic heterocycles. The van der Waals surface area contributed by atoms with Crippen molar-refractivity contribution in [3.05, 3.63) is 58.7 Å². The second-order valence-electron chi connectivity index (χ2n) is 4.80. The van der Waals surface area contributed by atoms with Crippen LogP contribution in [-0.2, 0) is 6.54 Å². The van der Waals surface area contributed by atoms with Gasteiger partial charge in [0, 0.05) is 17.8 Å². The summed E-state index contributed by atoms with van der Waals surface area (Å²) < 4.78 is 0. The van der Waals surface area contributed by atoms with E-state index in [9.17, 15) is 5.11 Å². The number of hydrogen-bond donors (Lipinski definition) is 2. The molecule has 0 saturated carbocycles. The number of benzene rings is 2. The molecule has 2 heteroatoms. The highest BCUT2D eigenvalue weighted by Crippen LogP contribution is 2.21. The number of nitrogens with one attached hydrogen (secondary N) is 1. The first-order chi connectivity index (χ1) is 8.56. The average Bonchev–Trinajstić information content (AvgIpc) is 2.34. The van der Waals surface area contributed by atoms with E-state index in [-0.39, 0.29) is 0 Å². The molecule has 0 fully saturated rings. The van der Waals surface area contributed by atoms with Gasteiger partial charge in [-0.05, 0) is 44.0 Å². The van der Waals surface area contributed by atoms with Crippen molar-refractivity contribution in [3.8, 4) is 5.75 Å². The van der Waals surface area contributed by atoms with Crippen molar-refractivity contribution in [3.63, 3.8) is 0 Å². The van der Waals surface area contributed by atoms with Crippen LogP contribution in [0.25, 0.3) is 0 Å². The van der Waals surface area contributed by atoms with Crippen LogP contribution in [-0.4, -0.2) is 5.11 Å². The van der Waals surface area contributed by atoms with Crippen molar-refractivity contribution < 1.29 is 5.11 Å². The number of aryl methyl sites for hydroxylation is 3. The second kappa shape index (κ2) is 5.13. The molecule has 0 spiro atoms. The standard InChI is InChI=1S/C16H19NO/c1-11-5-7-16(18)14(8-11)10-17-15-9-12(2)4-6-13(15)3/h4-9,17-18H,10H2,1-3H3. The van der Waals surface area contributed by atoms with Gasteiger partial charge < -0.3 is 10.4 Å². The third kappa shape index (κ3) is 2.83. The predicted octanol–water partition coefficient (Wildman–Crippen LogP) is 3.93. The Balaban J connectivity index is 2.16. The van der Waals surface area contributed by atoms with Crippen molar-refractivity contribution in [2.75, 3.05) is 5.32 Å². The van der Waals surface area contributed by atoms with E-state index in [1.54, 1.807) is 6.07 Å². The fourth-order valence-corrected chi connectivity index (χ4v) is 1.97. The number of phenols is 1. The molecule has 2 N–H and O–H groups in total. The summed E-state index contributed by atoms with van der Waals surface area (Å²) in [5.41, 5.74) is 5.65. The Bertz CT molecular complexity index is 510. The number of phenolic OH excluding ortho intramolecular Hbond substituents is 1. The first kappa shape index (κ1) is 12.5. The molecule has 0 aliphatic rings. The third-order valence-corrected chi connectivity index (χ3v) is 3.10. The quantitative estimate of drug-likeness (QED) is 0.853. The van der Waals surface area contributed by atoms with Crippen molar-refractivity contribution in [1.29, 1.82) is 0 Å². The summed E-state index contributed by atoms with van der Waals surface area (Å²) in [5, 5.41) is 13.2. The zero-order valence-corrected chi connectivity index (χ0v) is 11.1. The van der Waals surface area contributed by atoms with Crippen LogP contribution < -0.4 is 5.32 Å². The lowest BCUT2D eigenvalue weighted by molar-refractivity contribution is 0.469. The minimum atomic E-state index is 0.346. The summed E-state index contributed by atoms with van der Waals surface area (Å²) in [4.78, 5) is 0. The van der Waals surface area contributed by atoms with Gasteiger partial charge in [0.2, 0.25) is 0 Å². The van der Waals surface area contributed by atoms with Gasteiger partial charge in [0.25, 0.3) is 0 Å². The fraction of sp³-hybridized carbons (Fsp3) is 0.250. The molecule has 0 aromatic heterocycles. The first-order valence-electron chi connectivity index (χ1n) is 6.16.